The first-order chi connectivity index (χ1) is 7.86. The van der Waals surface area contributed by atoms with Gasteiger partial charge in [0.2, 0.25) is 0 Å². The third-order valence-electron chi connectivity index (χ3n) is 3.15. The molecule has 0 saturated heterocycles. The molecule has 0 amide bonds. The van der Waals surface area contributed by atoms with E-state index in [1.807, 2.05) is 11.9 Å². The number of halogens is 1. The Hall–Kier alpha value is -1.22. The van der Waals surface area contributed by atoms with E-state index >= 15 is 0 Å². The molecule has 0 saturated carbocycles. The van der Waals surface area contributed by atoms with E-state index < -0.39 is 5.97 Å². The molecule has 3 nitrogen and oxygen atoms in total. The highest BCUT2D eigenvalue weighted by atomic mass is 35.5. The number of aromatic carboxylic acids is 1. The molecular weight excluding hydrogens is 238 g/mol. The van der Waals surface area contributed by atoms with Gasteiger partial charge in [-0.25, -0.2) is 4.79 Å². The molecule has 0 aliphatic carbocycles. The highest BCUT2D eigenvalue weighted by Gasteiger charge is 2.21. The Morgan fingerprint density at radius 1 is 1.35 bits per heavy atom. The first-order valence-corrected chi connectivity index (χ1v) is 5.98. The summed E-state index contributed by atoms with van der Waals surface area (Å²) < 4.78 is 0. The molecular formula is C13H18ClNO2. The van der Waals surface area contributed by atoms with Gasteiger partial charge in [-0.05, 0) is 25.0 Å². The number of anilines is 1. The number of benzene rings is 1. The van der Waals surface area contributed by atoms with E-state index in [1.165, 1.54) is 0 Å². The number of rotatable bonds is 4. The van der Waals surface area contributed by atoms with Crippen molar-refractivity contribution in [1.29, 1.82) is 0 Å². The molecule has 94 valence electrons. The Balaban J connectivity index is 3.24. The Labute approximate surface area is 107 Å². The van der Waals surface area contributed by atoms with Gasteiger partial charge in [0.05, 0.1) is 16.3 Å². The maximum atomic E-state index is 11.2. The van der Waals surface area contributed by atoms with Crippen LogP contribution in [0.5, 0.6) is 0 Å². The lowest BCUT2D eigenvalue weighted by Gasteiger charge is -2.31. The summed E-state index contributed by atoms with van der Waals surface area (Å²) in [5.41, 5.74) is 0.829. The Kier molecular flexibility index (Phi) is 4.40. The lowest BCUT2D eigenvalue weighted by atomic mass is 10.0. The molecule has 0 fully saturated rings. The van der Waals surface area contributed by atoms with Crippen molar-refractivity contribution in [3.8, 4) is 0 Å². The van der Waals surface area contributed by atoms with Crippen LogP contribution >= 0.6 is 11.6 Å². The predicted octanol–water partition coefficient (Wildman–Crippen LogP) is 3.52. The fraction of sp³-hybridized carbons (Fsp3) is 0.462. The molecule has 0 radical (unpaired) electrons. The van der Waals surface area contributed by atoms with E-state index in [1.54, 1.807) is 18.2 Å². The van der Waals surface area contributed by atoms with Crippen molar-refractivity contribution >= 4 is 23.3 Å². The van der Waals surface area contributed by atoms with Gasteiger partial charge < -0.3 is 10.0 Å². The van der Waals surface area contributed by atoms with Gasteiger partial charge in [0.25, 0.3) is 0 Å². The van der Waals surface area contributed by atoms with Crippen LogP contribution in [0.1, 0.15) is 31.1 Å². The van der Waals surface area contributed by atoms with Gasteiger partial charge in [-0.3, -0.25) is 0 Å². The predicted molar refractivity (Wildman–Crippen MR) is 71.1 cm³/mol. The average Bonchev–Trinajstić information content (AvgIpc) is 2.26. The lowest BCUT2D eigenvalue weighted by Crippen LogP contribution is -2.34. The number of carbonyl (C=O) groups is 1. The normalized spacial score (nSPS) is 12.6. The molecule has 0 aliphatic heterocycles. The van der Waals surface area contributed by atoms with Crippen LogP contribution in [0.2, 0.25) is 5.02 Å². The van der Waals surface area contributed by atoms with E-state index in [0.29, 0.717) is 16.6 Å². The molecule has 0 heterocycles. The maximum Gasteiger partial charge on any atom is 0.337 e. The minimum atomic E-state index is -0.953. The number of carboxylic acid groups (broad SMARTS) is 1. The summed E-state index contributed by atoms with van der Waals surface area (Å²) in [6.45, 7) is 6.25. The average molecular weight is 256 g/mol. The molecule has 0 bridgehead atoms. The van der Waals surface area contributed by atoms with Crippen molar-refractivity contribution in [3.05, 3.63) is 28.8 Å². The summed E-state index contributed by atoms with van der Waals surface area (Å²) in [6.07, 6.45) is 0. The SMILES string of the molecule is CC(C)C(C)N(C)c1c(Cl)cccc1C(=O)O. The summed E-state index contributed by atoms with van der Waals surface area (Å²) in [5, 5.41) is 9.65. The second-order valence-electron chi connectivity index (χ2n) is 4.54. The lowest BCUT2D eigenvalue weighted by molar-refractivity contribution is 0.0697. The van der Waals surface area contributed by atoms with E-state index in [9.17, 15) is 9.90 Å². The third kappa shape index (κ3) is 2.91. The maximum absolute atomic E-state index is 11.2. The molecule has 0 spiro atoms. The number of hydrogen-bond donors (Lipinski definition) is 1. The van der Waals surface area contributed by atoms with E-state index in [0.717, 1.165) is 0 Å². The summed E-state index contributed by atoms with van der Waals surface area (Å²) in [5.74, 6) is -0.539. The van der Waals surface area contributed by atoms with E-state index in [-0.39, 0.29) is 11.6 Å². The summed E-state index contributed by atoms with van der Waals surface area (Å²) >= 11 is 6.11. The second-order valence-corrected chi connectivity index (χ2v) is 4.94. The Morgan fingerprint density at radius 2 is 1.94 bits per heavy atom. The van der Waals surface area contributed by atoms with Crippen molar-refractivity contribution in [2.45, 2.75) is 26.8 Å². The second kappa shape index (κ2) is 5.41. The van der Waals surface area contributed by atoms with Crippen LogP contribution in [-0.4, -0.2) is 24.2 Å². The van der Waals surface area contributed by atoms with Crippen molar-refractivity contribution in [2.75, 3.05) is 11.9 Å². The molecule has 1 atom stereocenters. The fourth-order valence-electron chi connectivity index (χ4n) is 1.70. The highest BCUT2D eigenvalue weighted by Crippen LogP contribution is 2.31. The first kappa shape index (κ1) is 13.8. The molecule has 1 rings (SSSR count). The minimum absolute atomic E-state index is 0.216. The van der Waals surface area contributed by atoms with Gasteiger partial charge in [0, 0.05) is 13.1 Å². The summed E-state index contributed by atoms with van der Waals surface area (Å²) in [6, 6.07) is 5.16. The van der Waals surface area contributed by atoms with Crippen molar-refractivity contribution in [3.63, 3.8) is 0 Å². The van der Waals surface area contributed by atoms with Gasteiger partial charge in [-0.2, -0.15) is 0 Å². The zero-order valence-electron chi connectivity index (χ0n) is 10.6. The van der Waals surface area contributed by atoms with Crippen molar-refractivity contribution in [2.24, 2.45) is 5.92 Å². The van der Waals surface area contributed by atoms with Gasteiger partial charge in [-0.1, -0.05) is 31.5 Å². The van der Waals surface area contributed by atoms with Crippen LogP contribution in [-0.2, 0) is 0 Å². The standard InChI is InChI=1S/C13H18ClNO2/c1-8(2)9(3)15(4)12-10(13(16)17)6-5-7-11(12)14/h5-9H,1-4H3,(H,16,17). The number of nitrogens with zero attached hydrogens (tertiary/aromatic N) is 1. The van der Waals surface area contributed by atoms with Gasteiger partial charge in [-0.15, -0.1) is 0 Å². The van der Waals surface area contributed by atoms with Gasteiger partial charge in [0.1, 0.15) is 0 Å². The van der Waals surface area contributed by atoms with Crippen LogP contribution in [0.3, 0.4) is 0 Å². The van der Waals surface area contributed by atoms with Gasteiger partial charge >= 0.3 is 5.97 Å². The van der Waals surface area contributed by atoms with Crippen LogP contribution in [0.4, 0.5) is 5.69 Å². The third-order valence-corrected chi connectivity index (χ3v) is 3.45. The molecule has 1 N–H and O–H groups in total. The highest BCUT2D eigenvalue weighted by molar-refractivity contribution is 6.34. The number of carboxylic acids is 1. The number of para-hydroxylation sites is 1. The largest absolute Gasteiger partial charge is 0.478 e. The van der Waals surface area contributed by atoms with Crippen LogP contribution in [0.15, 0.2) is 18.2 Å². The number of hydrogen-bond acceptors (Lipinski definition) is 2. The van der Waals surface area contributed by atoms with E-state index in [2.05, 4.69) is 20.8 Å². The topological polar surface area (TPSA) is 40.5 Å². The molecule has 4 heteroatoms. The molecule has 1 aromatic rings. The van der Waals surface area contributed by atoms with E-state index in [4.69, 9.17) is 11.6 Å². The van der Waals surface area contributed by atoms with Crippen LogP contribution in [0.25, 0.3) is 0 Å². The zero-order valence-corrected chi connectivity index (χ0v) is 11.3. The summed E-state index contributed by atoms with van der Waals surface area (Å²) in [7, 11) is 1.87. The first-order valence-electron chi connectivity index (χ1n) is 5.61. The molecule has 0 aliphatic rings. The molecule has 17 heavy (non-hydrogen) atoms. The molecule has 1 unspecified atom stereocenters. The van der Waals surface area contributed by atoms with Crippen LogP contribution < -0.4 is 4.90 Å². The smallest absolute Gasteiger partial charge is 0.337 e. The van der Waals surface area contributed by atoms with Gasteiger partial charge in [0.15, 0.2) is 0 Å². The van der Waals surface area contributed by atoms with Crippen molar-refractivity contribution < 1.29 is 9.90 Å². The van der Waals surface area contributed by atoms with Crippen molar-refractivity contribution in [1.82, 2.24) is 0 Å². The van der Waals surface area contributed by atoms with Crippen LogP contribution in [0, 0.1) is 5.92 Å². The Morgan fingerprint density at radius 3 is 2.41 bits per heavy atom. The molecule has 1 aromatic carbocycles. The quantitative estimate of drug-likeness (QED) is 0.895. The summed E-state index contributed by atoms with van der Waals surface area (Å²) in [4.78, 5) is 13.1. The zero-order chi connectivity index (χ0) is 13.2. The monoisotopic (exact) mass is 255 g/mol. The fourth-order valence-corrected chi connectivity index (χ4v) is 2.01. The minimum Gasteiger partial charge on any atom is -0.478 e. The Bertz CT molecular complexity index is 418. The molecule has 0 aromatic heterocycles.